The molecule has 0 bridgehead atoms. The third-order valence-electron chi connectivity index (χ3n) is 6.96. The molecule has 2 saturated carbocycles. The SMILES string of the molecule is N#CC1(CN[C@@H]2C[C@H]2c2ccc(COC(=O)Nc3ccc(C(=O)Nc4ccccc4N)cc3)cc2)CC1. The van der Waals surface area contributed by atoms with Gasteiger partial charge in [-0.15, -0.1) is 0 Å². The molecule has 0 aliphatic heterocycles. The zero-order valence-electron chi connectivity index (χ0n) is 20.4. The number of nitrogens with two attached hydrogens (primary N) is 1. The number of hydrogen-bond donors (Lipinski definition) is 4. The van der Waals surface area contributed by atoms with E-state index in [0.29, 0.717) is 34.6 Å². The Hall–Kier alpha value is -4.35. The molecular weight excluding hydrogens is 466 g/mol. The normalized spacial score (nSPS) is 18.8. The monoisotopic (exact) mass is 495 g/mol. The Balaban J connectivity index is 1.05. The van der Waals surface area contributed by atoms with Gasteiger partial charge in [0.25, 0.3) is 5.91 Å². The van der Waals surface area contributed by atoms with Gasteiger partial charge >= 0.3 is 6.09 Å². The number of carbonyl (C=O) groups excluding carboxylic acids is 2. The van der Waals surface area contributed by atoms with E-state index in [2.05, 4.69) is 34.2 Å². The van der Waals surface area contributed by atoms with Crippen molar-refractivity contribution in [1.29, 1.82) is 5.26 Å². The van der Waals surface area contributed by atoms with Crippen molar-refractivity contribution in [3.63, 3.8) is 0 Å². The number of para-hydroxylation sites is 2. The van der Waals surface area contributed by atoms with E-state index in [1.807, 2.05) is 12.1 Å². The minimum absolute atomic E-state index is 0.122. The van der Waals surface area contributed by atoms with Gasteiger partial charge in [0.15, 0.2) is 0 Å². The molecule has 37 heavy (non-hydrogen) atoms. The first-order valence-corrected chi connectivity index (χ1v) is 12.4. The summed E-state index contributed by atoms with van der Waals surface area (Å²) in [4.78, 5) is 24.7. The molecule has 5 rings (SSSR count). The first-order valence-electron chi connectivity index (χ1n) is 12.4. The molecule has 8 nitrogen and oxygen atoms in total. The highest BCUT2D eigenvalue weighted by Crippen LogP contribution is 2.46. The fourth-order valence-corrected chi connectivity index (χ4v) is 4.27. The summed E-state index contributed by atoms with van der Waals surface area (Å²) in [6.45, 7) is 0.937. The van der Waals surface area contributed by atoms with Gasteiger partial charge in [-0.3, -0.25) is 10.1 Å². The van der Waals surface area contributed by atoms with E-state index in [1.165, 1.54) is 5.56 Å². The average Bonchev–Trinajstić information content (AvgIpc) is 3.84. The third kappa shape index (κ3) is 6.08. The number of nitrogens with zero attached hydrogens (tertiary/aromatic N) is 1. The van der Waals surface area contributed by atoms with Crippen molar-refractivity contribution in [2.45, 2.75) is 37.8 Å². The molecule has 0 spiro atoms. The van der Waals surface area contributed by atoms with Crippen molar-refractivity contribution in [2.75, 3.05) is 22.9 Å². The maximum Gasteiger partial charge on any atom is 0.411 e. The second-order valence-electron chi connectivity index (χ2n) is 9.78. The molecule has 0 saturated heterocycles. The maximum absolute atomic E-state index is 12.4. The predicted octanol–water partition coefficient (Wildman–Crippen LogP) is 5.02. The van der Waals surface area contributed by atoms with E-state index in [9.17, 15) is 14.9 Å². The van der Waals surface area contributed by atoms with Gasteiger partial charge in [-0.25, -0.2) is 4.79 Å². The molecule has 5 N–H and O–H groups in total. The number of rotatable bonds is 9. The van der Waals surface area contributed by atoms with Gasteiger partial charge in [0.2, 0.25) is 0 Å². The summed E-state index contributed by atoms with van der Waals surface area (Å²) in [5.41, 5.74) is 9.89. The van der Waals surface area contributed by atoms with Crippen molar-refractivity contribution < 1.29 is 14.3 Å². The van der Waals surface area contributed by atoms with Crippen LogP contribution in [0.3, 0.4) is 0 Å². The lowest BCUT2D eigenvalue weighted by Crippen LogP contribution is -2.25. The molecule has 188 valence electrons. The highest BCUT2D eigenvalue weighted by molar-refractivity contribution is 6.06. The Labute approximate surface area is 215 Å². The predicted molar refractivity (Wildman–Crippen MR) is 142 cm³/mol. The van der Waals surface area contributed by atoms with Gasteiger partial charge in [0.1, 0.15) is 6.61 Å². The van der Waals surface area contributed by atoms with E-state index < -0.39 is 6.09 Å². The van der Waals surface area contributed by atoms with Crippen LogP contribution >= 0.6 is 0 Å². The standard InChI is InChI=1S/C29H29N5O3/c30-17-29(13-14-29)18-32-26-15-23(26)20-7-5-19(6-8-20)16-37-28(36)33-22-11-9-21(10-12-22)27(35)34-25-4-2-1-3-24(25)31/h1-12,23,26,32H,13-16,18,31H2,(H,33,36)(H,34,35)/t23-,26+/m0/s1. The number of amides is 2. The third-order valence-corrected chi connectivity index (χ3v) is 6.96. The van der Waals surface area contributed by atoms with Crippen molar-refractivity contribution in [2.24, 2.45) is 5.41 Å². The zero-order chi connectivity index (χ0) is 25.8. The van der Waals surface area contributed by atoms with Gasteiger partial charge in [-0.2, -0.15) is 5.26 Å². The molecular formula is C29H29N5O3. The first kappa shape index (κ1) is 24.3. The van der Waals surface area contributed by atoms with E-state index in [1.54, 1.807) is 48.5 Å². The lowest BCUT2D eigenvalue weighted by atomic mass is 10.1. The number of anilines is 3. The minimum atomic E-state index is -0.573. The summed E-state index contributed by atoms with van der Waals surface area (Å²) >= 11 is 0. The molecule has 2 atom stereocenters. The second-order valence-corrected chi connectivity index (χ2v) is 9.78. The fraction of sp³-hybridized carbons (Fsp3) is 0.276. The summed E-state index contributed by atoms with van der Waals surface area (Å²) in [5.74, 6) is 0.181. The molecule has 2 amide bonds. The van der Waals surface area contributed by atoms with Crippen LogP contribution in [0.5, 0.6) is 0 Å². The smallest absolute Gasteiger partial charge is 0.411 e. The van der Waals surface area contributed by atoms with Crippen LogP contribution in [0.15, 0.2) is 72.8 Å². The number of nitriles is 1. The van der Waals surface area contributed by atoms with Crippen molar-refractivity contribution in [3.05, 3.63) is 89.5 Å². The largest absolute Gasteiger partial charge is 0.444 e. The van der Waals surface area contributed by atoms with E-state index in [-0.39, 0.29) is 17.9 Å². The number of benzene rings is 3. The molecule has 2 fully saturated rings. The fourth-order valence-electron chi connectivity index (χ4n) is 4.27. The second kappa shape index (κ2) is 10.3. The molecule has 0 aromatic heterocycles. The van der Waals surface area contributed by atoms with Crippen LogP contribution in [0.4, 0.5) is 21.9 Å². The van der Waals surface area contributed by atoms with E-state index >= 15 is 0 Å². The maximum atomic E-state index is 12.4. The molecule has 3 aromatic rings. The van der Waals surface area contributed by atoms with Crippen molar-refractivity contribution in [1.82, 2.24) is 5.32 Å². The molecule has 0 radical (unpaired) electrons. The Bertz CT molecular complexity index is 1330. The molecule has 2 aliphatic rings. The lowest BCUT2D eigenvalue weighted by Gasteiger charge is -2.10. The number of ether oxygens (including phenoxy) is 1. The molecule has 8 heteroatoms. The molecule has 0 heterocycles. The van der Waals surface area contributed by atoms with Crippen molar-refractivity contribution >= 4 is 29.1 Å². The van der Waals surface area contributed by atoms with Crippen LogP contribution in [-0.2, 0) is 11.3 Å². The number of carbonyl (C=O) groups is 2. The Morgan fingerprint density at radius 3 is 2.41 bits per heavy atom. The summed E-state index contributed by atoms with van der Waals surface area (Å²) in [5, 5.41) is 18.2. The summed E-state index contributed by atoms with van der Waals surface area (Å²) in [7, 11) is 0. The molecule has 3 aromatic carbocycles. The van der Waals surface area contributed by atoms with Crippen molar-refractivity contribution in [3.8, 4) is 6.07 Å². The highest BCUT2D eigenvalue weighted by atomic mass is 16.5. The van der Waals surface area contributed by atoms with Crippen LogP contribution in [0.2, 0.25) is 0 Å². The van der Waals surface area contributed by atoms with E-state index in [0.717, 1.165) is 31.4 Å². The summed E-state index contributed by atoms with van der Waals surface area (Å²) < 4.78 is 5.35. The quantitative estimate of drug-likeness (QED) is 0.309. The van der Waals surface area contributed by atoms with Crippen LogP contribution in [0, 0.1) is 16.7 Å². The molecule has 0 unspecified atom stereocenters. The van der Waals surface area contributed by atoms with Crippen LogP contribution in [0.1, 0.15) is 46.7 Å². The van der Waals surface area contributed by atoms with Gasteiger partial charge < -0.3 is 21.1 Å². The number of nitrogen functional groups attached to an aromatic ring is 1. The number of nitrogens with one attached hydrogen (secondary N) is 3. The summed E-state index contributed by atoms with van der Waals surface area (Å²) in [6, 6.07) is 24.5. The first-order chi connectivity index (χ1) is 17.9. The Morgan fingerprint density at radius 2 is 1.73 bits per heavy atom. The number of hydrogen-bond acceptors (Lipinski definition) is 6. The van der Waals surface area contributed by atoms with Gasteiger partial charge in [0, 0.05) is 29.8 Å². The van der Waals surface area contributed by atoms with Gasteiger partial charge in [-0.05, 0) is 66.8 Å². The van der Waals surface area contributed by atoms with Crippen LogP contribution < -0.4 is 21.7 Å². The van der Waals surface area contributed by atoms with Crippen LogP contribution in [0.25, 0.3) is 0 Å². The van der Waals surface area contributed by atoms with Crippen LogP contribution in [-0.4, -0.2) is 24.6 Å². The topological polar surface area (TPSA) is 129 Å². The lowest BCUT2D eigenvalue weighted by molar-refractivity contribution is 0.102. The van der Waals surface area contributed by atoms with E-state index in [4.69, 9.17) is 10.5 Å². The van der Waals surface area contributed by atoms with Gasteiger partial charge in [0.05, 0.1) is 22.9 Å². The Kier molecular flexibility index (Phi) is 6.80. The Morgan fingerprint density at radius 1 is 1.00 bits per heavy atom. The molecule has 2 aliphatic carbocycles. The minimum Gasteiger partial charge on any atom is -0.444 e. The summed E-state index contributed by atoms with van der Waals surface area (Å²) in [6.07, 6.45) is 2.52. The highest BCUT2D eigenvalue weighted by Gasteiger charge is 2.46. The average molecular weight is 496 g/mol. The van der Waals surface area contributed by atoms with Gasteiger partial charge in [-0.1, -0.05) is 36.4 Å². The zero-order valence-corrected chi connectivity index (χ0v) is 20.4.